The van der Waals surface area contributed by atoms with Crippen molar-refractivity contribution in [3.63, 3.8) is 0 Å². The number of para-hydroxylation sites is 1. The van der Waals surface area contributed by atoms with Crippen LogP contribution in [0.3, 0.4) is 0 Å². The van der Waals surface area contributed by atoms with Gasteiger partial charge in [-0.2, -0.15) is 0 Å². The van der Waals surface area contributed by atoms with Crippen LogP contribution in [0.2, 0.25) is 0 Å². The predicted octanol–water partition coefficient (Wildman–Crippen LogP) is 0.200. The first kappa shape index (κ1) is 31.1. The van der Waals surface area contributed by atoms with Crippen molar-refractivity contribution < 1.29 is 28.3 Å². The molecule has 0 saturated heterocycles. The van der Waals surface area contributed by atoms with Gasteiger partial charge in [-0.3, -0.25) is 19.8 Å². The monoisotopic (exact) mass is 579 g/mol. The average Bonchev–Trinajstić information content (AvgIpc) is 2.98. The van der Waals surface area contributed by atoms with Crippen LogP contribution in [0.15, 0.2) is 69.9 Å². The number of fused-ring (bicyclic) bond motifs is 1. The van der Waals surface area contributed by atoms with E-state index in [1.54, 1.807) is 54.6 Å². The topological polar surface area (TPSA) is 218 Å². The number of alkyl carbamates (subject to hydrolysis) is 1. The molecule has 0 aliphatic heterocycles. The second-order valence-corrected chi connectivity index (χ2v) is 9.11. The molecule has 8 N–H and O–H groups in total. The van der Waals surface area contributed by atoms with Crippen LogP contribution in [-0.2, 0) is 32.3 Å². The summed E-state index contributed by atoms with van der Waals surface area (Å²) in [5.41, 5.74) is 6.11. The summed E-state index contributed by atoms with van der Waals surface area (Å²) in [7, 11) is 0. The zero-order chi connectivity index (χ0) is 30.3. The Hall–Kier alpha value is -5.40. The van der Waals surface area contributed by atoms with Gasteiger partial charge in [-0.15, -0.1) is 0 Å². The van der Waals surface area contributed by atoms with E-state index in [2.05, 4.69) is 26.6 Å². The molecule has 1 aromatic heterocycles. The standard InChI is InChI=1S/C28H33N7O7/c29-27(30)31-12-6-10-21(25(38)33-14-20-13-19-9-4-5-11-22(19)42-26(20)39)35-24(37)16-32-23(36)15-34-28(40)41-17-18-7-2-1-3-8-18/h1-5,7-9,11,13,21H,6,10,12,14-17H2,(H,32,36)(H,33,38)(H,34,40)(H,35,37)(H4,29,30,31)/t21-/m0/s1. The van der Waals surface area contributed by atoms with Crippen LogP contribution in [0, 0.1) is 5.41 Å². The van der Waals surface area contributed by atoms with Crippen molar-refractivity contribution in [2.45, 2.75) is 32.0 Å². The summed E-state index contributed by atoms with van der Waals surface area (Å²) in [5.74, 6) is -2.09. The van der Waals surface area contributed by atoms with Gasteiger partial charge < -0.3 is 41.5 Å². The van der Waals surface area contributed by atoms with E-state index in [9.17, 15) is 24.0 Å². The number of nitrogens with two attached hydrogens (primary N) is 1. The van der Waals surface area contributed by atoms with Gasteiger partial charge in [0.2, 0.25) is 17.7 Å². The minimum atomic E-state index is -1.01. The van der Waals surface area contributed by atoms with Crippen LogP contribution in [0.4, 0.5) is 4.79 Å². The normalized spacial score (nSPS) is 11.1. The molecule has 3 aromatic rings. The molecule has 0 spiro atoms. The van der Waals surface area contributed by atoms with E-state index in [4.69, 9.17) is 20.3 Å². The molecule has 42 heavy (non-hydrogen) atoms. The molecule has 3 rings (SSSR count). The van der Waals surface area contributed by atoms with Gasteiger partial charge in [-0.05, 0) is 30.5 Å². The average molecular weight is 580 g/mol. The molecule has 4 amide bonds. The highest BCUT2D eigenvalue weighted by Gasteiger charge is 2.21. The molecule has 0 saturated carbocycles. The van der Waals surface area contributed by atoms with E-state index in [1.807, 2.05) is 6.07 Å². The Bertz CT molecular complexity index is 1460. The molecule has 2 aromatic carbocycles. The van der Waals surface area contributed by atoms with Crippen LogP contribution in [0.1, 0.15) is 24.0 Å². The van der Waals surface area contributed by atoms with Crippen molar-refractivity contribution in [1.82, 2.24) is 26.6 Å². The van der Waals surface area contributed by atoms with Crippen LogP contribution in [0.5, 0.6) is 0 Å². The number of rotatable bonds is 14. The summed E-state index contributed by atoms with van der Waals surface area (Å²) in [4.78, 5) is 61.7. The predicted molar refractivity (Wildman–Crippen MR) is 153 cm³/mol. The van der Waals surface area contributed by atoms with Gasteiger partial charge in [0.1, 0.15) is 24.8 Å². The fraction of sp³-hybridized carbons (Fsp3) is 0.286. The summed E-state index contributed by atoms with van der Waals surface area (Å²) in [5, 5.41) is 20.4. The van der Waals surface area contributed by atoms with Gasteiger partial charge in [0, 0.05) is 11.9 Å². The first-order valence-electron chi connectivity index (χ1n) is 13.1. The Morgan fingerprint density at radius 1 is 0.905 bits per heavy atom. The summed E-state index contributed by atoms with van der Waals surface area (Å²) < 4.78 is 10.3. The zero-order valence-corrected chi connectivity index (χ0v) is 22.7. The smallest absolute Gasteiger partial charge is 0.407 e. The molecule has 14 heteroatoms. The summed E-state index contributed by atoms with van der Waals surface area (Å²) >= 11 is 0. The Balaban J connectivity index is 1.47. The number of benzene rings is 2. The van der Waals surface area contributed by atoms with E-state index in [1.165, 1.54) is 0 Å². The van der Waals surface area contributed by atoms with Gasteiger partial charge in [0.15, 0.2) is 5.96 Å². The van der Waals surface area contributed by atoms with E-state index < -0.39 is 48.6 Å². The van der Waals surface area contributed by atoms with Gasteiger partial charge in [-0.25, -0.2) is 9.59 Å². The van der Waals surface area contributed by atoms with Gasteiger partial charge in [-0.1, -0.05) is 48.5 Å². The summed E-state index contributed by atoms with van der Waals surface area (Å²) in [6.45, 7) is -0.689. The van der Waals surface area contributed by atoms with Crippen molar-refractivity contribution in [3.05, 3.63) is 82.2 Å². The molecule has 0 radical (unpaired) electrons. The minimum Gasteiger partial charge on any atom is -0.445 e. The molecule has 14 nitrogen and oxygen atoms in total. The number of nitrogens with one attached hydrogen (secondary N) is 6. The third kappa shape index (κ3) is 10.6. The molecule has 0 aliphatic rings. The zero-order valence-electron chi connectivity index (χ0n) is 22.7. The van der Waals surface area contributed by atoms with Crippen molar-refractivity contribution in [1.29, 1.82) is 5.41 Å². The number of amides is 4. The van der Waals surface area contributed by atoms with Crippen molar-refractivity contribution in [2.24, 2.45) is 5.73 Å². The fourth-order valence-electron chi connectivity index (χ4n) is 3.74. The highest BCUT2D eigenvalue weighted by Crippen LogP contribution is 2.12. The number of ether oxygens (including phenoxy) is 1. The fourth-order valence-corrected chi connectivity index (χ4v) is 3.74. The number of carbonyl (C=O) groups is 4. The lowest BCUT2D eigenvalue weighted by atomic mass is 10.1. The third-order valence-corrected chi connectivity index (χ3v) is 5.86. The molecule has 0 aliphatic carbocycles. The maximum absolute atomic E-state index is 12.9. The lowest BCUT2D eigenvalue weighted by Gasteiger charge is -2.19. The molecule has 0 fully saturated rings. The molecule has 1 heterocycles. The second-order valence-electron chi connectivity index (χ2n) is 9.11. The van der Waals surface area contributed by atoms with E-state index in [0.29, 0.717) is 17.4 Å². The van der Waals surface area contributed by atoms with E-state index in [0.717, 1.165) is 5.56 Å². The number of carbonyl (C=O) groups excluding carboxylic acids is 4. The SMILES string of the molecule is N=C(N)NCCC[C@H](NC(=O)CNC(=O)CNC(=O)OCc1ccccc1)C(=O)NCc1cc2ccccc2oc1=O. The Morgan fingerprint density at radius 2 is 1.62 bits per heavy atom. The lowest BCUT2D eigenvalue weighted by molar-refractivity contribution is -0.129. The highest BCUT2D eigenvalue weighted by molar-refractivity contribution is 5.91. The Labute approximate surface area is 240 Å². The van der Waals surface area contributed by atoms with Crippen molar-refractivity contribution in [3.8, 4) is 0 Å². The quantitative estimate of drug-likeness (QED) is 0.0599. The largest absolute Gasteiger partial charge is 0.445 e. The lowest BCUT2D eigenvalue weighted by Crippen LogP contribution is -2.50. The first-order valence-corrected chi connectivity index (χ1v) is 13.1. The van der Waals surface area contributed by atoms with Crippen molar-refractivity contribution >= 4 is 40.7 Å². The molecule has 222 valence electrons. The summed E-state index contributed by atoms with van der Waals surface area (Å²) in [6.07, 6.45) is -0.250. The maximum Gasteiger partial charge on any atom is 0.407 e. The molecule has 0 unspecified atom stereocenters. The van der Waals surface area contributed by atoms with Crippen LogP contribution in [0.25, 0.3) is 11.0 Å². The van der Waals surface area contributed by atoms with Crippen LogP contribution < -0.4 is 37.9 Å². The van der Waals surface area contributed by atoms with E-state index in [-0.39, 0.29) is 37.6 Å². The summed E-state index contributed by atoms with van der Waals surface area (Å²) in [6, 6.07) is 16.6. The number of hydrogen-bond donors (Lipinski definition) is 7. The number of guanidine groups is 1. The third-order valence-electron chi connectivity index (χ3n) is 5.86. The first-order chi connectivity index (χ1) is 20.2. The minimum absolute atomic E-state index is 0.0356. The Morgan fingerprint density at radius 3 is 2.38 bits per heavy atom. The molecular weight excluding hydrogens is 546 g/mol. The van der Waals surface area contributed by atoms with E-state index >= 15 is 0 Å². The van der Waals surface area contributed by atoms with Gasteiger partial charge in [0.05, 0.1) is 18.7 Å². The Kier molecular flexibility index (Phi) is 11.9. The highest BCUT2D eigenvalue weighted by atomic mass is 16.5. The second kappa shape index (κ2) is 16.0. The van der Waals surface area contributed by atoms with Crippen LogP contribution >= 0.6 is 0 Å². The molecule has 1 atom stereocenters. The van der Waals surface area contributed by atoms with Crippen molar-refractivity contribution in [2.75, 3.05) is 19.6 Å². The van der Waals surface area contributed by atoms with Gasteiger partial charge >= 0.3 is 11.7 Å². The molecule has 0 bridgehead atoms. The van der Waals surface area contributed by atoms with Gasteiger partial charge in [0.25, 0.3) is 0 Å². The van der Waals surface area contributed by atoms with Crippen LogP contribution in [-0.4, -0.2) is 55.5 Å². The molecular formula is C28H33N7O7. The maximum atomic E-state index is 12.9. The number of hydrogen-bond acceptors (Lipinski definition) is 8.